The summed E-state index contributed by atoms with van der Waals surface area (Å²) < 4.78 is 73.5. The number of hydrogen-bond donors (Lipinski definition) is 1. The number of aliphatic imine (C=N–C) groups is 1. The molecule has 0 heterocycles. The molecule has 0 fully saturated rings. The number of halogens is 6. The Morgan fingerprint density at radius 2 is 1.47 bits per heavy atom. The van der Waals surface area contributed by atoms with E-state index in [2.05, 4.69) is 4.99 Å². The summed E-state index contributed by atoms with van der Waals surface area (Å²) in [7, 11) is 0. The minimum atomic E-state index is -5.78. The summed E-state index contributed by atoms with van der Waals surface area (Å²) in [6.07, 6.45) is -12.7. The second kappa shape index (κ2) is 5.24. The lowest BCUT2D eigenvalue weighted by Gasteiger charge is -2.32. The third-order valence-electron chi connectivity index (χ3n) is 2.05. The Morgan fingerprint density at radius 1 is 1.06 bits per heavy atom. The minimum Gasteiger partial charge on any atom is -0.373 e. The van der Waals surface area contributed by atoms with Crippen molar-refractivity contribution in [2.75, 3.05) is 6.54 Å². The molecule has 0 aliphatic rings. The first-order valence-corrected chi connectivity index (χ1v) is 4.81. The zero-order chi connectivity index (χ0) is 13.9. The van der Waals surface area contributed by atoms with Crippen LogP contribution < -0.4 is 0 Å². The molecule has 0 amide bonds. The Kier molecular flexibility index (Phi) is 5.00. The van der Waals surface area contributed by atoms with Gasteiger partial charge in [-0.3, -0.25) is 4.99 Å². The van der Waals surface area contributed by atoms with E-state index in [0.29, 0.717) is 6.42 Å². The summed E-state index contributed by atoms with van der Waals surface area (Å²) in [4.78, 5) is 3.51. The van der Waals surface area contributed by atoms with Crippen molar-refractivity contribution in [1.29, 1.82) is 0 Å². The predicted molar refractivity (Wildman–Crippen MR) is 49.9 cm³/mol. The molecule has 0 aromatic carbocycles. The first-order valence-electron chi connectivity index (χ1n) is 4.81. The van der Waals surface area contributed by atoms with Crippen molar-refractivity contribution in [1.82, 2.24) is 0 Å². The fourth-order valence-electron chi connectivity index (χ4n) is 1.09. The number of hydrogen-bond acceptors (Lipinski definition) is 2. The van der Waals surface area contributed by atoms with Gasteiger partial charge in [-0.1, -0.05) is 6.92 Å². The Balaban J connectivity index is 5.12. The molecule has 1 N–H and O–H groups in total. The van der Waals surface area contributed by atoms with Crippen LogP contribution in [0.4, 0.5) is 26.3 Å². The number of nitrogens with zero attached hydrogens (tertiary/aromatic N) is 1. The van der Waals surface area contributed by atoms with E-state index >= 15 is 0 Å². The van der Waals surface area contributed by atoms with Crippen molar-refractivity contribution in [2.45, 2.75) is 44.6 Å². The van der Waals surface area contributed by atoms with Gasteiger partial charge in [-0.15, -0.1) is 0 Å². The summed E-state index contributed by atoms with van der Waals surface area (Å²) >= 11 is 0. The van der Waals surface area contributed by atoms with Crippen LogP contribution in [0.25, 0.3) is 0 Å². The molecule has 0 aromatic heterocycles. The average Bonchev–Trinajstić information content (AvgIpc) is 2.10. The van der Waals surface area contributed by atoms with E-state index in [4.69, 9.17) is 5.11 Å². The fourth-order valence-corrected chi connectivity index (χ4v) is 1.09. The van der Waals surface area contributed by atoms with E-state index in [1.165, 1.54) is 0 Å². The first-order chi connectivity index (χ1) is 7.45. The van der Waals surface area contributed by atoms with Crippen LogP contribution >= 0.6 is 0 Å². The highest BCUT2D eigenvalue weighted by Gasteiger charge is 2.70. The van der Waals surface area contributed by atoms with E-state index in [9.17, 15) is 26.3 Å². The molecule has 0 bridgehead atoms. The first kappa shape index (κ1) is 16.2. The summed E-state index contributed by atoms with van der Waals surface area (Å²) in [5.41, 5.74) is -5.12. The molecule has 2 nitrogen and oxygen atoms in total. The molecule has 0 aliphatic heterocycles. The molecule has 102 valence electrons. The Labute approximate surface area is 94.3 Å². The normalized spacial score (nSPS) is 15.2. The minimum absolute atomic E-state index is 0.123. The molecule has 0 radical (unpaired) electrons. The van der Waals surface area contributed by atoms with Crippen LogP contribution in [0.5, 0.6) is 0 Å². The number of aliphatic hydroxyl groups is 1. The standard InChI is InChI=1S/C9H13F6NO/c1-3-4-16-6(2)5-7(17,8(10,11)12)9(13,14)15/h17H,3-5H2,1-2H3. The molecule has 0 saturated heterocycles. The maximum absolute atomic E-state index is 12.3. The van der Waals surface area contributed by atoms with Crippen molar-refractivity contribution in [2.24, 2.45) is 4.99 Å². The van der Waals surface area contributed by atoms with E-state index in [-0.39, 0.29) is 12.3 Å². The van der Waals surface area contributed by atoms with Crippen molar-refractivity contribution in [3.8, 4) is 0 Å². The smallest absolute Gasteiger partial charge is 0.373 e. The predicted octanol–water partition coefficient (Wildman–Crippen LogP) is 3.10. The lowest BCUT2D eigenvalue weighted by Crippen LogP contribution is -2.57. The zero-order valence-electron chi connectivity index (χ0n) is 9.28. The van der Waals surface area contributed by atoms with Gasteiger partial charge in [0, 0.05) is 18.7 Å². The maximum atomic E-state index is 12.3. The molecule has 0 aliphatic carbocycles. The van der Waals surface area contributed by atoms with Crippen LogP contribution in [0.1, 0.15) is 26.7 Å². The number of rotatable bonds is 4. The van der Waals surface area contributed by atoms with Gasteiger partial charge >= 0.3 is 12.4 Å². The van der Waals surface area contributed by atoms with E-state index in [0.717, 1.165) is 6.92 Å². The summed E-state index contributed by atoms with van der Waals surface area (Å²) in [5, 5.41) is 8.82. The van der Waals surface area contributed by atoms with E-state index in [1.807, 2.05) is 0 Å². The van der Waals surface area contributed by atoms with Crippen LogP contribution in [0, 0.1) is 0 Å². The molecule has 0 spiro atoms. The second-order valence-electron chi connectivity index (χ2n) is 3.65. The molecule has 0 unspecified atom stereocenters. The molecule has 0 rings (SSSR count). The van der Waals surface area contributed by atoms with Gasteiger partial charge in [0.2, 0.25) is 0 Å². The molecular formula is C9H13F6NO. The SMILES string of the molecule is CCCN=C(C)CC(O)(C(F)(F)F)C(F)(F)F. The summed E-state index contributed by atoms with van der Waals surface area (Å²) in [6, 6.07) is 0. The third kappa shape index (κ3) is 3.86. The van der Waals surface area contributed by atoms with Crippen molar-refractivity contribution >= 4 is 5.71 Å². The van der Waals surface area contributed by atoms with Crippen molar-refractivity contribution in [3.63, 3.8) is 0 Å². The molecule has 0 saturated carbocycles. The van der Waals surface area contributed by atoms with E-state index < -0.39 is 24.4 Å². The Morgan fingerprint density at radius 3 is 1.76 bits per heavy atom. The summed E-state index contributed by atoms with van der Waals surface area (Å²) in [5.74, 6) is 0. The average molecular weight is 265 g/mol. The quantitative estimate of drug-likeness (QED) is 0.614. The highest BCUT2D eigenvalue weighted by atomic mass is 19.4. The fraction of sp³-hybridized carbons (Fsp3) is 0.889. The van der Waals surface area contributed by atoms with Crippen molar-refractivity contribution < 1.29 is 31.4 Å². The largest absolute Gasteiger partial charge is 0.426 e. The van der Waals surface area contributed by atoms with Gasteiger partial charge in [0.25, 0.3) is 5.60 Å². The zero-order valence-corrected chi connectivity index (χ0v) is 9.28. The number of alkyl halides is 6. The van der Waals surface area contributed by atoms with Crippen molar-refractivity contribution in [3.05, 3.63) is 0 Å². The molecular weight excluding hydrogens is 252 g/mol. The Hall–Kier alpha value is -0.790. The van der Waals surface area contributed by atoms with Gasteiger partial charge in [0.1, 0.15) is 0 Å². The van der Waals surface area contributed by atoms with Gasteiger partial charge in [0.05, 0.1) is 0 Å². The highest BCUT2D eigenvalue weighted by Crippen LogP contribution is 2.45. The van der Waals surface area contributed by atoms with Crippen LogP contribution in [-0.2, 0) is 0 Å². The molecule has 0 aromatic rings. The molecule has 17 heavy (non-hydrogen) atoms. The van der Waals surface area contributed by atoms with Gasteiger partial charge in [-0.05, 0) is 13.3 Å². The maximum Gasteiger partial charge on any atom is 0.426 e. The molecule has 8 heteroatoms. The highest BCUT2D eigenvalue weighted by molar-refractivity contribution is 5.83. The lowest BCUT2D eigenvalue weighted by atomic mass is 9.95. The topological polar surface area (TPSA) is 32.6 Å². The van der Waals surface area contributed by atoms with Gasteiger partial charge < -0.3 is 5.11 Å². The van der Waals surface area contributed by atoms with Crippen LogP contribution in [0.3, 0.4) is 0 Å². The lowest BCUT2D eigenvalue weighted by molar-refractivity contribution is -0.365. The van der Waals surface area contributed by atoms with E-state index in [1.54, 1.807) is 6.92 Å². The van der Waals surface area contributed by atoms with Crippen LogP contribution in [-0.4, -0.2) is 35.3 Å². The second-order valence-corrected chi connectivity index (χ2v) is 3.65. The van der Waals surface area contributed by atoms with Gasteiger partial charge in [-0.2, -0.15) is 26.3 Å². The van der Waals surface area contributed by atoms with Crippen LogP contribution in [0.2, 0.25) is 0 Å². The van der Waals surface area contributed by atoms with Gasteiger partial charge in [-0.25, -0.2) is 0 Å². The Bertz CT molecular complexity index is 266. The van der Waals surface area contributed by atoms with Crippen LogP contribution in [0.15, 0.2) is 4.99 Å². The summed E-state index contributed by atoms with van der Waals surface area (Å²) in [6.45, 7) is 2.83. The molecule has 0 atom stereocenters. The van der Waals surface area contributed by atoms with Gasteiger partial charge in [0.15, 0.2) is 0 Å². The monoisotopic (exact) mass is 265 g/mol. The third-order valence-corrected chi connectivity index (χ3v) is 2.05.